The van der Waals surface area contributed by atoms with Crippen LogP contribution in [-0.2, 0) is 11.2 Å². The van der Waals surface area contributed by atoms with Crippen LogP contribution < -0.4 is 5.32 Å². The lowest BCUT2D eigenvalue weighted by molar-refractivity contribution is -0.137. The Morgan fingerprint density at radius 3 is 2.62 bits per heavy atom. The highest BCUT2D eigenvalue weighted by atomic mass is 32.1. The standard InChI is InChI=1S/C27H35N3O3S/c1-3-21(4-2)30-24-12-11-19(15-23(24)29-25(30)17-22-10-7-13-34-22)27(33)28-20(16-26(31)32)14-18-8-5-6-9-18/h7,10-13,15,18,20-21H,3-6,8-9,14,16-17H2,1-2H3,(H,28,33)(H,31,32). The van der Waals surface area contributed by atoms with E-state index in [1.165, 1.54) is 17.7 Å². The maximum atomic E-state index is 13.1. The van der Waals surface area contributed by atoms with E-state index >= 15 is 0 Å². The number of aliphatic carboxylic acids is 1. The molecule has 3 aromatic rings. The van der Waals surface area contributed by atoms with Crippen molar-refractivity contribution in [2.75, 3.05) is 0 Å². The van der Waals surface area contributed by atoms with Crippen molar-refractivity contribution in [3.63, 3.8) is 0 Å². The molecule has 0 spiro atoms. The Morgan fingerprint density at radius 1 is 1.21 bits per heavy atom. The molecule has 0 aliphatic heterocycles. The number of aromatic nitrogens is 2. The number of fused-ring (bicyclic) bond motifs is 1. The highest BCUT2D eigenvalue weighted by Crippen LogP contribution is 2.30. The third kappa shape index (κ3) is 5.69. The molecular weight excluding hydrogens is 446 g/mol. The number of rotatable bonds is 11. The monoisotopic (exact) mass is 481 g/mol. The van der Waals surface area contributed by atoms with Gasteiger partial charge in [0.05, 0.1) is 17.5 Å². The van der Waals surface area contributed by atoms with E-state index in [-0.39, 0.29) is 18.4 Å². The van der Waals surface area contributed by atoms with E-state index in [1.807, 2.05) is 18.2 Å². The van der Waals surface area contributed by atoms with Gasteiger partial charge in [-0.05, 0) is 54.8 Å². The van der Waals surface area contributed by atoms with Gasteiger partial charge in [-0.25, -0.2) is 4.98 Å². The molecule has 1 amide bonds. The fourth-order valence-electron chi connectivity index (χ4n) is 5.37. The van der Waals surface area contributed by atoms with Crippen molar-refractivity contribution in [3.05, 3.63) is 52.0 Å². The molecule has 6 nitrogen and oxygen atoms in total. The van der Waals surface area contributed by atoms with Gasteiger partial charge in [0.25, 0.3) is 5.91 Å². The van der Waals surface area contributed by atoms with Gasteiger partial charge in [0.15, 0.2) is 0 Å². The largest absolute Gasteiger partial charge is 0.481 e. The molecule has 2 N–H and O–H groups in total. The second kappa shape index (κ2) is 11.2. The zero-order valence-corrected chi connectivity index (χ0v) is 20.9. The summed E-state index contributed by atoms with van der Waals surface area (Å²) in [7, 11) is 0. The Hall–Kier alpha value is -2.67. The molecule has 0 bridgehead atoms. The van der Waals surface area contributed by atoms with Crippen LogP contribution in [0.5, 0.6) is 0 Å². The molecular formula is C27H35N3O3S. The Labute approximate surface area is 205 Å². The lowest BCUT2D eigenvalue weighted by Gasteiger charge is -2.21. The third-order valence-corrected chi connectivity index (χ3v) is 7.97. The molecule has 1 fully saturated rings. The van der Waals surface area contributed by atoms with Gasteiger partial charge in [-0.3, -0.25) is 9.59 Å². The van der Waals surface area contributed by atoms with Gasteiger partial charge < -0.3 is 15.0 Å². The van der Waals surface area contributed by atoms with Crippen molar-refractivity contribution in [3.8, 4) is 0 Å². The number of carboxylic acid groups (broad SMARTS) is 1. The average Bonchev–Trinajstić information content (AvgIpc) is 3.56. The third-order valence-electron chi connectivity index (χ3n) is 7.09. The SMILES string of the molecule is CCC(CC)n1c(Cc2cccs2)nc2cc(C(=O)NC(CC(=O)O)CC3CCCC3)ccc21. The number of nitrogens with zero attached hydrogens (tertiary/aromatic N) is 2. The Morgan fingerprint density at radius 2 is 1.97 bits per heavy atom. The van der Waals surface area contributed by atoms with Crippen molar-refractivity contribution in [1.82, 2.24) is 14.9 Å². The van der Waals surface area contributed by atoms with Crippen molar-refractivity contribution in [2.24, 2.45) is 5.92 Å². The quantitative estimate of drug-likeness (QED) is 0.341. The number of thiophene rings is 1. The number of hydrogen-bond acceptors (Lipinski definition) is 4. The van der Waals surface area contributed by atoms with E-state index in [1.54, 1.807) is 11.3 Å². The first kappa shape index (κ1) is 24.5. The van der Waals surface area contributed by atoms with Gasteiger partial charge in [0.1, 0.15) is 5.82 Å². The van der Waals surface area contributed by atoms with Gasteiger partial charge >= 0.3 is 5.97 Å². The first-order chi connectivity index (χ1) is 16.5. The molecule has 0 radical (unpaired) electrons. The lowest BCUT2D eigenvalue weighted by atomic mass is 9.96. The second-order valence-corrected chi connectivity index (χ2v) is 10.5. The molecule has 0 saturated heterocycles. The van der Waals surface area contributed by atoms with Crippen LogP contribution in [0.1, 0.15) is 92.3 Å². The minimum Gasteiger partial charge on any atom is -0.481 e. The predicted molar refractivity (Wildman–Crippen MR) is 137 cm³/mol. The van der Waals surface area contributed by atoms with Gasteiger partial charge in [0, 0.05) is 28.9 Å². The number of hydrogen-bond donors (Lipinski definition) is 2. The maximum Gasteiger partial charge on any atom is 0.305 e. The molecule has 1 saturated carbocycles. The fraction of sp³-hybridized carbons (Fsp3) is 0.519. The number of nitrogens with one attached hydrogen (secondary N) is 1. The molecule has 1 unspecified atom stereocenters. The molecule has 2 heterocycles. The highest BCUT2D eigenvalue weighted by Gasteiger charge is 2.24. The first-order valence-corrected chi connectivity index (χ1v) is 13.4. The van der Waals surface area contributed by atoms with Crippen molar-refractivity contribution < 1.29 is 14.7 Å². The number of imidazole rings is 1. The van der Waals surface area contributed by atoms with Crippen LogP contribution in [0, 0.1) is 5.92 Å². The number of carbonyl (C=O) groups is 2. The van der Waals surface area contributed by atoms with E-state index in [0.29, 0.717) is 17.5 Å². The Bertz CT molecular complexity index is 1110. The van der Waals surface area contributed by atoms with Crippen LogP contribution >= 0.6 is 11.3 Å². The van der Waals surface area contributed by atoms with Crippen LogP contribution in [0.4, 0.5) is 0 Å². The smallest absolute Gasteiger partial charge is 0.305 e. The summed E-state index contributed by atoms with van der Waals surface area (Å²) >= 11 is 1.73. The maximum absolute atomic E-state index is 13.1. The average molecular weight is 482 g/mol. The summed E-state index contributed by atoms with van der Waals surface area (Å²) in [5.41, 5.74) is 2.40. The van der Waals surface area contributed by atoms with E-state index in [2.05, 4.69) is 41.2 Å². The van der Waals surface area contributed by atoms with Crippen molar-refractivity contribution in [1.29, 1.82) is 0 Å². The summed E-state index contributed by atoms with van der Waals surface area (Å²) in [5, 5.41) is 14.4. The van der Waals surface area contributed by atoms with Gasteiger partial charge in [-0.1, -0.05) is 45.6 Å². The lowest BCUT2D eigenvalue weighted by Crippen LogP contribution is -2.37. The summed E-state index contributed by atoms with van der Waals surface area (Å²) in [4.78, 5) is 30.7. The summed E-state index contributed by atoms with van der Waals surface area (Å²) < 4.78 is 2.34. The van der Waals surface area contributed by atoms with Gasteiger partial charge in [-0.15, -0.1) is 11.3 Å². The molecule has 7 heteroatoms. The number of benzene rings is 1. The molecule has 34 heavy (non-hydrogen) atoms. The molecule has 4 rings (SSSR count). The molecule has 1 aliphatic carbocycles. The zero-order chi connectivity index (χ0) is 24.1. The normalized spacial score (nSPS) is 15.3. The summed E-state index contributed by atoms with van der Waals surface area (Å²) in [6.07, 6.45) is 8.13. The van der Waals surface area contributed by atoms with Gasteiger partial charge in [-0.2, -0.15) is 0 Å². The van der Waals surface area contributed by atoms with Crippen LogP contribution in [0.2, 0.25) is 0 Å². The second-order valence-electron chi connectivity index (χ2n) is 9.48. The molecule has 1 atom stereocenters. The van der Waals surface area contributed by atoms with Crippen LogP contribution in [0.3, 0.4) is 0 Å². The molecule has 1 aromatic carbocycles. The number of carboxylic acids is 1. The zero-order valence-electron chi connectivity index (χ0n) is 20.1. The Kier molecular flexibility index (Phi) is 8.03. The summed E-state index contributed by atoms with van der Waals surface area (Å²) in [6.45, 7) is 4.40. The summed E-state index contributed by atoms with van der Waals surface area (Å²) in [6, 6.07) is 9.90. The van der Waals surface area contributed by atoms with Crippen LogP contribution in [0.15, 0.2) is 35.7 Å². The van der Waals surface area contributed by atoms with Crippen molar-refractivity contribution in [2.45, 2.75) is 83.7 Å². The van der Waals surface area contributed by atoms with E-state index in [0.717, 1.165) is 55.4 Å². The van der Waals surface area contributed by atoms with Crippen LogP contribution in [0.25, 0.3) is 11.0 Å². The van der Waals surface area contributed by atoms with E-state index < -0.39 is 5.97 Å². The van der Waals surface area contributed by atoms with Crippen molar-refractivity contribution >= 4 is 34.2 Å². The van der Waals surface area contributed by atoms with Crippen LogP contribution in [-0.4, -0.2) is 32.6 Å². The Balaban J connectivity index is 1.59. The van der Waals surface area contributed by atoms with Gasteiger partial charge in [0.2, 0.25) is 0 Å². The number of carbonyl (C=O) groups excluding carboxylic acids is 1. The topological polar surface area (TPSA) is 84.2 Å². The predicted octanol–water partition coefficient (Wildman–Crippen LogP) is 6.20. The first-order valence-electron chi connectivity index (χ1n) is 12.5. The molecule has 182 valence electrons. The molecule has 1 aliphatic rings. The fourth-order valence-corrected chi connectivity index (χ4v) is 6.07. The molecule has 2 aromatic heterocycles. The van der Waals surface area contributed by atoms with E-state index in [4.69, 9.17) is 4.98 Å². The highest BCUT2D eigenvalue weighted by molar-refractivity contribution is 7.09. The van der Waals surface area contributed by atoms with E-state index in [9.17, 15) is 14.7 Å². The minimum absolute atomic E-state index is 0.0429. The number of amides is 1. The minimum atomic E-state index is -0.874. The summed E-state index contributed by atoms with van der Waals surface area (Å²) in [5.74, 6) is 0.431.